The van der Waals surface area contributed by atoms with Crippen molar-refractivity contribution in [2.75, 3.05) is 31.4 Å². The zero-order chi connectivity index (χ0) is 14.0. The number of benzene rings is 1. The van der Waals surface area contributed by atoms with E-state index in [1.165, 1.54) is 6.07 Å². The van der Waals surface area contributed by atoms with E-state index in [2.05, 4.69) is 20.3 Å². The van der Waals surface area contributed by atoms with Crippen LogP contribution in [0.1, 0.15) is 5.56 Å². The van der Waals surface area contributed by atoms with Crippen LogP contribution in [0, 0.1) is 12.7 Å². The molecule has 2 rings (SSSR count). The third kappa shape index (κ3) is 2.78. The van der Waals surface area contributed by atoms with E-state index in [4.69, 9.17) is 0 Å². The molecule has 0 aliphatic rings. The van der Waals surface area contributed by atoms with Gasteiger partial charge in [0.2, 0.25) is 11.9 Å². The standard InChI is InChI=1S/C13H16FN5/c1-8-5-6-10(14)9(7-8)11-16-12(15-2)18-13(17-11)19(3)4/h5-7H,1-4H3,(H,15,16,17,18). The van der Waals surface area contributed by atoms with E-state index in [0.29, 0.717) is 23.3 Å². The molecule has 0 saturated heterocycles. The van der Waals surface area contributed by atoms with Gasteiger partial charge in [-0.3, -0.25) is 0 Å². The Labute approximate surface area is 111 Å². The molecule has 5 nitrogen and oxygen atoms in total. The first kappa shape index (κ1) is 13.2. The second-order valence-corrected chi connectivity index (χ2v) is 4.41. The average Bonchev–Trinajstić information content (AvgIpc) is 2.40. The predicted octanol–water partition coefficient (Wildman–Crippen LogP) is 2.09. The van der Waals surface area contributed by atoms with Crippen molar-refractivity contribution in [1.82, 2.24) is 15.0 Å². The highest BCUT2D eigenvalue weighted by molar-refractivity contribution is 5.60. The SMILES string of the molecule is CNc1nc(-c2cc(C)ccc2F)nc(N(C)C)n1. The maximum absolute atomic E-state index is 13.9. The Morgan fingerprint density at radius 3 is 2.53 bits per heavy atom. The Morgan fingerprint density at radius 1 is 1.16 bits per heavy atom. The average molecular weight is 261 g/mol. The third-order valence-electron chi connectivity index (χ3n) is 2.61. The Hall–Kier alpha value is -2.24. The molecular formula is C13H16FN5. The van der Waals surface area contributed by atoms with E-state index in [-0.39, 0.29) is 5.82 Å². The van der Waals surface area contributed by atoms with Crippen molar-refractivity contribution in [2.45, 2.75) is 6.92 Å². The fraction of sp³-hybridized carbons (Fsp3) is 0.308. The Kier molecular flexibility index (Phi) is 3.59. The lowest BCUT2D eigenvalue weighted by Crippen LogP contribution is -2.15. The van der Waals surface area contributed by atoms with Crippen molar-refractivity contribution in [3.05, 3.63) is 29.6 Å². The van der Waals surface area contributed by atoms with Gasteiger partial charge in [-0.25, -0.2) is 4.39 Å². The molecule has 0 fully saturated rings. The van der Waals surface area contributed by atoms with Gasteiger partial charge < -0.3 is 10.2 Å². The molecular weight excluding hydrogens is 245 g/mol. The molecule has 0 unspecified atom stereocenters. The quantitative estimate of drug-likeness (QED) is 0.917. The lowest BCUT2D eigenvalue weighted by atomic mass is 10.1. The molecule has 6 heteroatoms. The molecule has 0 spiro atoms. The first-order valence-corrected chi connectivity index (χ1v) is 5.89. The summed E-state index contributed by atoms with van der Waals surface area (Å²) >= 11 is 0. The van der Waals surface area contributed by atoms with Crippen molar-refractivity contribution in [3.63, 3.8) is 0 Å². The molecule has 1 N–H and O–H groups in total. The van der Waals surface area contributed by atoms with Crippen LogP contribution < -0.4 is 10.2 Å². The summed E-state index contributed by atoms with van der Waals surface area (Å²) in [4.78, 5) is 14.4. The van der Waals surface area contributed by atoms with Crippen molar-refractivity contribution in [3.8, 4) is 11.4 Å². The van der Waals surface area contributed by atoms with Crippen LogP contribution >= 0.6 is 0 Å². The van der Waals surface area contributed by atoms with E-state index < -0.39 is 0 Å². The fourth-order valence-electron chi connectivity index (χ4n) is 1.61. The van der Waals surface area contributed by atoms with Crippen LogP contribution in [0.2, 0.25) is 0 Å². The summed E-state index contributed by atoms with van der Waals surface area (Å²) in [6, 6.07) is 4.86. The van der Waals surface area contributed by atoms with Crippen LogP contribution in [0.5, 0.6) is 0 Å². The van der Waals surface area contributed by atoms with Crippen molar-refractivity contribution < 1.29 is 4.39 Å². The molecule has 1 aromatic carbocycles. The van der Waals surface area contributed by atoms with E-state index in [9.17, 15) is 4.39 Å². The van der Waals surface area contributed by atoms with Crippen molar-refractivity contribution in [1.29, 1.82) is 0 Å². The van der Waals surface area contributed by atoms with Crippen LogP contribution in [0.3, 0.4) is 0 Å². The number of aryl methyl sites for hydroxylation is 1. The van der Waals surface area contributed by atoms with Crippen LogP contribution in [-0.2, 0) is 0 Å². The van der Waals surface area contributed by atoms with Gasteiger partial charge in [0.15, 0.2) is 5.82 Å². The van der Waals surface area contributed by atoms with Crippen LogP contribution in [-0.4, -0.2) is 36.1 Å². The van der Waals surface area contributed by atoms with Gasteiger partial charge in [0.25, 0.3) is 0 Å². The minimum Gasteiger partial charge on any atom is -0.357 e. The van der Waals surface area contributed by atoms with Gasteiger partial charge in [0.1, 0.15) is 5.82 Å². The van der Waals surface area contributed by atoms with Crippen molar-refractivity contribution >= 4 is 11.9 Å². The summed E-state index contributed by atoms with van der Waals surface area (Å²) in [6.07, 6.45) is 0. The summed E-state index contributed by atoms with van der Waals surface area (Å²) < 4.78 is 13.9. The molecule has 0 saturated carbocycles. The van der Waals surface area contributed by atoms with Gasteiger partial charge >= 0.3 is 0 Å². The monoisotopic (exact) mass is 261 g/mol. The number of aromatic nitrogens is 3. The molecule has 0 radical (unpaired) electrons. The maximum atomic E-state index is 13.9. The topological polar surface area (TPSA) is 53.9 Å². The molecule has 0 atom stereocenters. The summed E-state index contributed by atoms with van der Waals surface area (Å²) in [6.45, 7) is 1.90. The highest BCUT2D eigenvalue weighted by Gasteiger charge is 2.13. The minimum absolute atomic E-state index is 0.323. The summed E-state index contributed by atoms with van der Waals surface area (Å²) in [5.41, 5.74) is 1.33. The normalized spacial score (nSPS) is 10.4. The van der Waals surface area contributed by atoms with E-state index in [1.807, 2.05) is 21.0 Å². The Morgan fingerprint density at radius 2 is 1.89 bits per heavy atom. The fourth-order valence-corrected chi connectivity index (χ4v) is 1.61. The molecule has 0 amide bonds. The molecule has 2 aromatic rings. The highest BCUT2D eigenvalue weighted by Crippen LogP contribution is 2.22. The van der Waals surface area contributed by atoms with Gasteiger partial charge in [0, 0.05) is 21.1 Å². The molecule has 1 aromatic heterocycles. The second-order valence-electron chi connectivity index (χ2n) is 4.41. The highest BCUT2D eigenvalue weighted by atomic mass is 19.1. The first-order chi connectivity index (χ1) is 9.01. The molecule has 0 bridgehead atoms. The Bertz CT molecular complexity index is 598. The van der Waals surface area contributed by atoms with E-state index >= 15 is 0 Å². The van der Waals surface area contributed by atoms with E-state index in [0.717, 1.165) is 5.56 Å². The number of nitrogens with zero attached hydrogens (tertiary/aromatic N) is 4. The van der Waals surface area contributed by atoms with Gasteiger partial charge in [-0.2, -0.15) is 15.0 Å². The number of hydrogen-bond acceptors (Lipinski definition) is 5. The van der Waals surface area contributed by atoms with Gasteiger partial charge in [0.05, 0.1) is 5.56 Å². The number of hydrogen-bond donors (Lipinski definition) is 1. The zero-order valence-corrected chi connectivity index (χ0v) is 11.4. The van der Waals surface area contributed by atoms with Gasteiger partial charge in [-0.15, -0.1) is 0 Å². The summed E-state index contributed by atoms with van der Waals surface area (Å²) in [7, 11) is 5.36. The summed E-state index contributed by atoms with van der Waals surface area (Å²) in [5.74, 6) is 0.873. The zero-order valence-electron chi connectivity index (χ0n) is 11.4. The Balaban J connectivity index is 2.60. The second kappa shape index (κ2) is 5.17. The number of anilines is 2. The molecule has 0 aliphatic heterocycles. The van der Waals surface area contributed by atoms with Crippen molar-refractivity contribution in [2.24, 2.45) is 0 Å². The third-order valence-corrected chi connectivity index (χ3v) is 2.61. The number of nitrogens with one attached hydrogen (secondary N) is 1. The number of rotatable bonds is 3. The molecule has 0 aliphatic carbocycles. The summed E-state index contributed by atoms with van der Waals surface area (Å²) in [5, 5.41) is 2.86. The van der Waals surface area contributed by atoms with Crippen LogP contribution in [0.4, 0.5) is 16.3 Å². The molecule has 100 valence electrons. The smallest absolute Gasteiger partial charge is 0.230 e. The molecule has 19 heavy (non-hydrogen) atoms. The predicted molar refractivity (Wildman–Crippen MR) is 73.8 cm³/mol. The lowest BCUT2D eigenvalue weighted by Gasteiger charge is -2.13. The maximum Gasteiger partial charge on any atom is 0.230 e. The van der Waals surface area contributed by atoms with Crippen LogP contribution in [0.15, 0.2) is 18.2 Å². The number of halogens is 1. The van der Waals surface area contributed by atoms with Gasteiger partial charge in [-0.05, 0) is 19.1 Å². The first-order valence-electron chi connectivity index (χ1n) is 5.89. The van der Waals surface area contributed by atoms with Gasteiger partial charge in [-0.1, -0.05) is 11.6 Å². The largest absolute Gasteiger partial charge is 0.357 e. The van der Waals surface area contributed by atoms with Crippen LogP contribution in [0.25, 0.3) is 11.4 Å². The molecule has 1 heterocycles. The lowest BCUT2D eigenvalue weighted by molar-refractivity contribution is 0.629. The minimum atomic E-state index is -0.344. The van der Waals surface area contributed by atoms with E-state index in [1.54, 1.807) is 24.1 Å².